The molecule has 2 bridgehead atoms. The number of rotatable bonds is 2. The molecule has 1 aromatic rings. The first-order valence-corrected chi connectivity index (χ1v) is 7.96. The molecule has 0 radical (unpaired) electrons. The zero-order chi connectivity index (χ0) is 15.0. The number of amides is 1. The molecule has 0 aromatic heterocycles. The molecule has 3 rings (SSSR count). The predicted octanol–water partition coefficient (Wildman–Crippen LogP) is 3.87. The van der Waals surface area contributed by atoms with Crippen molar-refractivity contribution < 1.29 is 9.53 Å². The number of carbonyl (C=O) groups is 1. The molecule has 114 valence electrons. The van der Waals surface area contributed by atoms with Gasteiger partial charge in [-0.3, -0.25) is 0 Å². The number of carbonyl (C=O) groups excluding carboxylic acids is 1. The quantitative estimate of drug-likeness (QED) is 0.826. The molecule has 1 saturated heterocycles. The summed E-state index contributed by atoms with van der Waals surface area (Å²) in [6.07, 6.45) is 3.29. The summed E-state index contributed by atoms with van der Waals surface area (Å²) in [4.78, 5) is 14.2. The highest BCUT2D eigenvalue weighted by Crippen LogP contribution is 2.44. The van der Waals surface area contributed by atoms with Gasteiger partial charge in [0.25, 0.3) is 0 Å². The monoisotopic (exact) mass is 287 g/mol. The molecule has 1 aliphatic heterocycles. The van der Waals surface area contributed by atoms with Gasteiger partial charge in [-0.15, -0.1) is 0 Å². The molecule has 1 saturated carbocycles. The summed E-state index contributed by atoms with van der Waals surface area (Å²) in [5.74, 6) is 1.36. The van der Waals surface area contributed by atoms with Crippen LogP contribution in [0.3, 0.4) is 0 Å². The van der Waals surface area contributed by atoms with Gasteiger partial charge in [-0.2, -0.15) is 0 Å². The van der Waals surface area contributed by atoms with E-state index in [9.17, 15) is 4.79 Å². The Balaban J connectivity index is 1.58. The van der Waals surface area contributed by atoms with Crippen LogP contribution >= 0.6 is 0 Å². The standard InChI is InChI=1S/C18H25NO2/c1-18(2,3)21-17(20)19-12-15-11-16(19)10-14(15)9-13-7-5-4-6-8-13/h4-8,14-16H,9-12H2,1-3H3/t14?,15-,16?/m0/s1. The van der Waals surface area contributed by atoms with Crippen molar-refractivity contribution >= 4 is 6.09 Å². The molecule has 3 heteroatoms. The van der Waals surface area contributed by atoms with Crippen molar-refractivity contribution in [2.24, 2.45) is 11.8 Å². The van der Waals surface area contributed by atoms with Crippen molar-refractivity contribution in [2.45, 2.75) is 51.7 Å². The third kappa shape index (κ3) is 3.22. The second kappa shape index (κ2) is 5.36. The van der Waals surface area contributed by atoms with Gasteiger partial charge in [0.15, 0.2) is 0 Å². The Hall–Kier alpha value is -1.51. The fourth-order valence-electron chi connectivity index (χ4n) is 3.77. The lowest BCUT2D eigenvalue weighted by molar-refractivity contribution is 0.0162. The Morgan fingerprint density at radius 1 is 1.24 bits per heavy atom. The topological polar surface area (TPSA) is 29.5 Å². The van der Waals surface area contributed by atoms with Crippen LogP contribution in [0.2, 0.25) is 0 Å². The van der Waals surface area contributed by atoms with E-state index in [1.165, 1.54) is 5.56 Å². The van der Waals surface area contributed by atoms with Crippen molar-refractivity contribution in [3.05, 3.63) is 35.9 Å². The van der Waals surface area contributed by atoms with Crippen molar-refractivity contribution in [1.29, 1.82) is 0 Å². The van der Waals surface area contributed by atoms with E-state index in [4.69, 9.17) is 4.74 Å². The fraction of sp³-hybridized carbons (Fsp3) is 0.611. The number of piperidine rings is 1. The van der Waals surface area contributed by atoms with Gasteiger partial charge in [-0.25, -0.2) is 4.79 Å². The summed E-state index contributed by atoms with van der Waals surface area (Å²) in [5.41, 5.74) is 1.02. The number of nitrogens with zero attached hydrogens (tertiary/aromatic N) is 1. The normalized spacial score (nSPS) is 28.0. The number of ether oxygens (including phenoxy) is 1. The van der Waals surface area contributed by atoms with Crippen LogP contribution in [0.1, 0.15) is 39.2 Å². The van der Waals surface area contributed by atoms with E-state index < -0.39 is 5.60 Å². The number of fused-ring (bicyclic) bond motifs is 2. The third-order valence-electron chi connectivity index (χ3n) is 4.66. The first-order chi connectivity index (χ1) is 9.92. The molecule has 2 aliphatic rings. The number of hydrogen-bond donors (Lipinski definition) is 0. The summed E-state index contributed by atoms with van der Waals surface area (Å²) >= 11 is 0. The number of benzene rings is 1. The molecule has 2 unspecified atom stereocenters. The van der Waals surface area contributed by atoms with Crippen LogP contribution in [0.25, 0.3) is 0 Å². The molecule has 3 nitrogen and oxygen atoms in total. The molecule has 0 spiro atoms. The second-order valence-corrected chi connectivity index (χ2v) is 7.47. The molecule has 1 heterocycles. The zero-order valence-electron chi connectivity index (χ0n) is 13.2. The van der Waals surface area contributed by atoms with E-state index in [1.54, 1.807) is 0 Å². The highest BCUT2D eigenvalue weighted by molar-refractivity contribution is 5.69. The van der Waals surface area contributed by atoms with Crippen LogP contribution in [0, 0.1) is 11.8 Å². The van der Waals surface area contributed by atoms with E-state index in [1.807, 2.05) is 25.7 Å². The maximum absolute atomic E-state index is 12.2. The van der Waals surface area contributed by atoms with Crippen LogP contribution in [0.5, 0.6) is 0 Å². The second-order valence-electron chi connectivity index (χ2n) is 7.47. The van der Waals surface area contributed by atoms with Gasteiger partial charge in [-0.1, -0.05) is 30.3 Å². The summed E-state index contributed by atoms with van der Waals surface area (Å²) < 4.78 is 5.51. The van der Waals surface area contributed by atoms with E-state index in [0.717, 1.165) is 31.7 Å². The SMILES string of the molecule is CC(C)(C)OC(=O)N1C[C@@H]2CC1CC2Cc1ccccc1. The Morgan fingerprint density at radius 2 is 1.95 bits per heavy atom. The first-order valence-electron chi connectivity index (χ1n) is 7.96. The maximum Gasteiger partial charge on any atom is 0.410 e. The molecule has 3 atom stereocenters. The minimum absolute atomic E-state index is 0.131. The maximum atomic E-state index is 12.2. The predicted molar refractivity (Wildman–Crippen MR) is 83.1 cm³/mol. The molecule has 2 fully saturated rings. The molecule has 1 aromatic carbocycles. The summed E-state index contributed by atoms with van der Waals surface area (Å²) in [7, 11) is 0. The Morgan fingerprint density at radius 3 is 2.52 bits per heavy atom. The van der Waals surface area contributed by atoms with Crippen LogP contribution in [-0.2, 0) is 11.2 Å². The summed E-state index contributed by atoms with van der Waals surface area (Å²) in [6.45, 7) is 6.66. The van der Waals surface area contributed by atoms with Crippen LogP contribution in [0.4, 0.5) is 4.79 Å². The molecule has 1 amide bonds. The van der Waals surface area contributed by atoms with Crippen LogP contribution in [-0.4, -0.2) is 29.2 Å². The van der Waals surface area contributed by atoms with E-state index >= 15 is 0 Å². The Bertz CT molecular complexity index is 506. The molecule has 21 heavy (non-hydrogen) atoms. The van der Waals surface area contributed by atoms with Crippen LogP contribution < -0.4 is 0 Å². The number of likely N-dealkylation sites (tertiary alicyclic amines) is 1. The van der Waals surface area contributed by atoms with E-state index in [2.05, 4.69) is 30.3 Å². The van der Waals surface area contributed by atoms with Gasteiger partial charge in [0.1, 0.15) is 5.60 Å². The average molecular weight is 287 g/mol. The fourth-order valence-corrected chi connectivity index (χ4v) is 3.77. The molecular formula is C18H25NO2. The summed E-state index contributed by atoms with van der Waals surface area (Å²) in [6, 6.07) is 11.1. The summed E-state index contributed by atoms with van der Waals surface area (Å²) in [5, 5.41) is 0. The average Bonchev–Trinajstić information content (AvgIpc) is 2.97. The van der Waals surface area contributed by atoms with E-state index in [0.29, 0.717) is 12.0 Å². The lowest BCUT2D eigenvalue weighted by Gasteiger charge is -2.33. The number of hydrogen-bond acceptors (Lipinski definition) is 2. The third-order valence-corrected chi connectivity index (χ3v) is 4.66. The zero-order valence-corrected chi connectivity index (χ0v) is 13.2. The molecule has 0 N–H and O–H groups in total. The van der Waals surface area contributed by atoms with Crippen LogP contribution in [0.15, 0.2) is 30.3 Å². The Labute approximate surface area is 127 Å². The lowest BCUT2D eigenvalue weighted by atomic mass is 9.88. The minimum atomic E-state index is -0.400. The van der Waals surface area contributed by atoms with Gasteiger partial charge in [-0.05, 0) is 57.4 Å². The van der Waals surface area contributed by atoms with Gasteiger partial charge in [0, 0.05) is 12.6 Å². The van der Waals surface area contributed by atoms with Gasteiger partial charge in [0.2, 0.25) is 0 Å². The smallest absolute Gasteiger partial charge is 0.410 e. The lowest BCUT2D eigenvalue weighted by Crippen LogP contribution is -2.43. The van der Waals surface area contributed by atoms with Crippen molar-refractivity contribution in [2.75, 3.05) is 6.54 Å². The highest BCUT2D eigenvalue weighted by Gasteiger charge is 2.47. The largest absolute Gasteiger partial charge is 0.444 e. The first kappa shape index (κ1) is 14.4. The highest BCUT2D eigenvalue weighted by atomic mass is 16.6. The molecular weight excluding hydrogens is 262 g/mol. The Kier molecular flexibility index (Phi) is 3.68. The van der Waals surface area contributed by atoms with Gasteiger partial charge < -0.3 is 9.64 Å². The minimum Gasteiger partial charge on any atom is -0.444 e. The van der Waals surface area contributed by atoms with Crippen molar-refractivity contribution in [3.8, 4) is 0 Å². The van der Waals surface area contributed by atoms with Crippen molar-refractivity contribution in [1.82, 2.24) is 4.90 Å². The molecule has 1 aliphatic carbocycles. The van der Waals surface area contributed by atoms with Gasteiger partial charge in [0.05, 0.1) is 0 Å². The van der Waals surface area contributed by atoms with E-state index in [-0.39, 0.29) is 6.09 Å². The van der Waals surface area contributed by atoms with Gasteiger partial charge >= 0.3 is 6.09 Å². The van der Waals surface area contributed by atoms with Crippen molar-refractivity contribution in [3.63, 3.8) is 0 Å².